The SMILES string of the molecule is CCC(=O)N1CCC[C@H]1[C@H]1CCCN1Cc1ccc(OC)c(F)c1. The van der Waals surface area contributed by atoms with Gasteiger partial charge in [-0.25, -0.2) is 4.39 Å². The summed E-state index contributed by atoms with van der Waals surface area (Å²) in [6, 6.07) is 5.91. The molecule has 0 saturated carbocycles. The predicted molar refractivity (Wildman–Crippen MR) is 91.4 cm³/mol. The van der Waals surface area contributed by atoms with Gasteiger partial charge in [0, 0.05) is 31.6 Å². The van der Waals surface area contributed by atoms with Crippen LogP contribution in [0.1, 0.15) is 44.6 Å². The van der Waals surface area contributed by atoms with Crippen molar-refractivity contribution in [2.45, 2.75) is 57.7 Å². The number of carbonyl (C=O) groups excluding carboxylic acids is 1. The fourth-order valence-electron chi connectivity index (χ4n) is 4.23. The topological polar surface area (TPSA) is 32.8 Å². The minimum Gasteiger partial charge on any atom is -0.494 e. The molecule has 24 heavy (non-hydrogen) atoms. The molecule has 2 saturated heterocycles. The third kappa shape index (κ3) is 3.41. The van der Waals surface area contributed by atoms with Crippen LogP contribution in [0.15, 0.2) is 18.2 Å². The van der Waals surface area contributed by atoms with Crippen molar-refractivity contribution in [3.63, 3.8) is 0 Å². The number of nitrogens with zero attached hydrogens (tertiary/aromatic N) is 2. The van der Waals surface area contributed by atoms with E-state index in [1.165, 1.54) is 7.11 Å². The second-order valence-electron chi connectivity index (χ2n) is 6.80. The number of benzene rings is 1. The van der Waals surface area contributed by atoms with Gasteiger partial charge in [-0.3, -0.25) is 9.69 Å². The van der Waals surface area contributed by atoms with Gasteiger partial charge < -0.3 is 9.64 Å². The fourth-order valence-corrected chi connectivity index (χ4v) is 4.23. The summed E-state index contributed by atoms with van der Waals surface area (Å²) in [6.45, 7) is 4.57. The van der Waals surface area contributed by atoms with Crippen molar-refractivity contribution in [2.75, 3.05) is 20.2 Å². The van der Waals surface area contributed by atoms with E-state index >= 15 is 0 Å². The summed E-state index contributed by atoms with van der Waals surface area (Å²) in [5.41, 5.74) is 0.964. The molecule has 4 nitrogen and oxygen atoms in total. The Bertz CT molecular complexity index is 593. The number of hydrogen-bond acceptors (Lipinski definition) is 3. The molecule has 1 aromatic carbocycles. The Morgan fingerprint density at radius 2 is 2.00 bits per heavy atom. The number of hydrogen-bond donors (Lipinski definition) is 0. The largest absolute Gasteiger partial charge is 0.494 e. The third-order valence-corrected chi connectivity index (χ3v) is 5.38. The normalized spacial score (nSPS) is 24.5. The van der Waals surface area contributed by atoms with Crippen LogP contribution < -0.4 is 4.74 Å². The first-order valence-corrected chi connectivity index (χ1v) is 9.00. The summed E-state index contributed by atoms with van der Waals surface area (Å²) in [4.78, 5) is 16.7. The molecule has 0 spiro atoms. The lowest BCUT2D eigenvalue weighted by atomic mass is 10.0. The van der Waals surface area contributed by atoms with Crippen LogP contribution in [0.3, 0.4) is 0 Å². The molecule has 0 aliphatic carbocycles. The van der Waals surface area contributed by atoms with Crippen molar-refractivity contribution in [2.24, 2.45) is 0 Å². The molecule has 0 bridgehead atoms. The highest BCUT2D eigenvalue weighted by atomic mass is 19.1. The number of rotatable bonds is 5. The maximum Gasteiger partial charge on any atom is 0.222 e. The molecule has 3 rings (SSSR count). The smallest absolute Gasteiger partial charge is 0.222 e. The molecule has 2 heterocycles. The first-order valence-electron chi connectivity index (χ1n) is 9.00. The van der Waals surface area contributed by atoms with Gasteiger partial charge in [0.2, 0.25) is 5.91 Å². The zero-order valence-electron chi connectivity index (χ0n) is 14.6. The lowest BCUT2D eigenvalue weighted by molar-refractivity contribution is -0.132. The van der Waals surface area contributed by atoms with Gasteiger partial charge in [-0.1, -0.05) is 13.0 Å². The molecule has 2 aliphatic heterocycles. The van der Waals surface area contributed by atoms with Crippen molar-refractivity contribution in [1.82, 2.24) is 9.80 Å². The number of amides is 1. The van der Waals surface area contributed by atoms with Crippen molar-refractivity contribution < 1.29 is 13.9 Å². The standard InChI is InChI=1S/C19H27FN2O2/c1-3-19(23)22-11-5-7-17(22)16-6-4-10-21(16)13-14-8-9-18(24-2)15(20)12-14/h8-9,12,16-17H,3-7,10-11,13H2,1-2H3/t16-,17+/m1/s1. The Morgan fingerprint density at radius 3 is 2.71 bits per heavy atom. The zero-order valence-corrected chi connectivity index (χ0v) is 14.6. The van der Waals surface area contributed by atoms with Gasteiger partial charge in [0.1, 0.15) is 0 Å². The number of likely N-dealkylation sites (tertiary alicyclic amines) is 2. The first kappa shape index (κ1) is 17.2. The molecule has 2 atom stereocenters. The summed E-state index contributed by atoms with van der Waals surface area (Å²) >= 11 is 0. The highest BCUT2D eigenvalue weighted by Crippen LogP contribution is 2.32. The molecule has 1 amide bonds. The first-order chi connectivity index (χ1) is 11.6. The number of ether oxygens (including phenoxy) is 1. The van der Waals surface area contributed by atoms with E-state index in [9.17, 15) is 9.18 Å². The minimum absolute atomic E-state index is 0.264. The van der Waals surface area contributed by atoms with Crippen LogP contribution in [-0.2, 0) is 11.3 Å². The highest BCUT2D eigenvalue weighted by Gasteiger charge is 2.39. The number of carbonyl (C=O) groups is 1. The van der Waals surface area contributed by atoms with E-state index in [-0.39, 0.29) is 17.5 Å². The van der Waals surface area contributed by atoms with E-state index in [0.717, 1.165) is 50.9 Å². The van der Waals surface area contributed by atoms with E-state index in [1.807, 2.05) is 13.0 Å². The van der Waals surface area contributed by atoms with Gasteiger partial charge in [0.05, 0.1) is 7.11 Å². The Morgan fingerprint density at radius 1 is 1.25 bits per heavy atom. The summed E-state index contributed by atoms with van der Waals surface area (Å²) in [5.74, 6) is 0.237. The van der Waals surface area contributed by atoms with Crippen LogP contribution in [0.4, 0.5) is 4.39 Å². The average Bonchev–Trinajstić information content (AvgIpc) is 3.23. The molecule has 5 heteroatoms. The lowest BCUT2D eigenvalue weighted by Crippen LogP contribution is -2.47. The van der Waals surface area contributed by atoms with Gasteiger partial charge in [0.25, 0.3) is 0 Å². The van der Waals surface area contributed by atoms with Crippen LogP contribution in [0, 0.1) is 5.82 Å². The third-order valence-electron chi connectivity index (χ3n) is 5.38. The van der Waals surface area contributed by atoms with Crippen LogP contribution >= 0.6 is 0 Å². The van der Waals surface area contributed by atoms with E-state index in [2.05, 4.69) is 9.80 Å². The molecule has 2 fully saturated rings. The number of methoxy groups -OCH3 is 1. The fraction of sp³-hybridized carbons (Fsp3) is 0.632. The quantitative estimate of drug-likeness (QED) is 0.829. The Hall–Kier alpha value is -1.62. The molecular weight excluding hydrogens is 307 g/mol. The Labute approximate surface area is 143 Å². The van der Waals surface area contributed by atoms with Gasteiger partial charge >= 0.3 is 0 Å². The van der Waals surface area contributed by atoms with Gasteiger partial charge in [-0.15, -0.1) is 0 Å². The van der Waals surface area contributed by atoms with Crippen molar-refractivity contribution in [3.05, 3.63) is 29.6 Å². The predicted octanol–water partition coefficient (Wildman–Crippen LogP) is 3.20. The summed E-state index contributed by atoms with van der Waals surface area (Å²) < 4.78 is 18.9. The maximum absolute atomic E-state index is 13.9. The Balaban J connectivity index is 1.71. The van der Waals surface area contributed by atoms with Gasteiger partial charge in [0.15, 0.2) is 11.6 Å². The summed E-state index contributed by atoms with van der Waals surface area (Å²) in [5, 5.41) is 0. The van der Waals surface area contributed by atoms with Crippen molar-refractivity contribution in [1.29, 1.82) is 0 Å². The van der Waals surface area contributed by atoms with E-state index in [1.54, 1.807) is 12.1 Å². The maximum atomic E-state index is 13.9. The molecule has 132 valence electrons. The molecule has 0 N–H and O–H groups in total. The highest BCUT2D eigenvalue weighted by molar-refractivity contribution is 5.76. The second kappa shape index (κ2) is 7.51. The van der Waals surface area contributed by atoms with E-state index < -0.39 is 0 Å². The average molecular weight is 334 g/mol. The molecule has 0 unspecified atom stereocenters. The monoisotopic (exact) mass is 334 g/mol. The minimum atomic E-state index is -0.311. The summed E-state index contributed by atoms with van der Waals surface area (Å²) in [7, 11) is 1.48. The molecular formula is C19H27FN2O2. The van der Waals surface area contributed by atoms with Crippen molar-refractivity contribution in [3.8, 4) is 5.75 Å². The lowest BCUT2D eigenvalue weighted by Gasteiger charge is -2.35. The van der Waals surface area contributed by atoms with Gasteiger partial charge in [-0.2, -0.15) is 0 Å². The van der Waals surface area contributed by atoms with Crippen molar-refractivity contribution >= 4 is 5.91 Å². The van der Waals surface area contributed by atoms with E-state index in [0.29, 0.717) is 18.5 Å². The number of halogens is 1. The molecule has 1 aromatic rings. The van der Waals surface area contributed by atoms with Crippen LogP contribution in [0.5, 0.6) is 5.75 Å². The summed E-state index contributed by atoms with van der Waals surface area (Å²) in [6.07, 6.45) is 5.03. The molecule has 0 radical (unpaired) electrons. The van der Waals surface area contributed by atoms with E-state index in [4.69, 9.17) is 4.74 Å². The van der Waals surface area contributed by atoms with Gasteiger partial charge in [-0.05, 0) is 49.9 Å². The zero-order chi connectivity index (χ0) is 17.1. The van der Waals surface area contributed by atoms with Crippen LogP contribution in [0.2, 0.25) is 0 Å². The molecule has 2 aliphatic rings. The van der Waals surface area contributed by atoms with Crippen LogP contribution in [0.25, 0.3) is 0 Å². The Kier molecular flexibility index (Phi) is 5.39. The molecule has 0 aromatic heterocycles. The van der Waals surface area contributed by atoms with Crippen LogP contribution in [-0.4, -0.2) is 48.0 Å². The second-order valence-corrected chi connectivity index (χ2v) is 6.80.